The molecule has 1 aromatic heterocycles. The van der Waals surface area contributed by atoms with Gasteiger partial charge in [0.05, 0.1) is 10.7 Å². The van der Waals surface area contributed by atoms with Crippen LogP contribution >= 0.6 is 39.1 Å². The molecule has 82 valence electrons. The third-order valence-corrected chi connectivity index (χ3v) is 2.82. The van der Waals surface area contributed by atoms with E-state index in [0.29, 0.717) is 26.2 Å². The average molecular weight is 319 g/mol. The van der Waals surface area contributed by atoms with Gasteiger partial charge in [-0.3, -0.25) is 0 Å². The Balaban J connectivity index is 2.30. The number of nitrogens with zero attached hydrogens (tertiary/aromatic N) is 2. The molecule has 0 atom stereocenters. The van der Waals surface area contributed by atoms with Crippen molar-refractivity contribution in [3.63, 3.8) is 0 Å². The molecule has 1 N–H and O–H groups in total. The van der Waals surface area contributed by atoms with Gasteiger partial charge in [-0.15, -0.1) is 0 Å². The molecular formula is C10H6BrCl2N3. The van der Waals surface area contributed by atoms with E-state index in [0.717, 1.165) is 0 Å². The lowest BCUT2D eigenvalue weighted by atomic mass is 10.3. The Kier molecular flexibility index (Phi) is 3.63. The van der Waals surface area contributed by atoms with Gasteiger partial charge in [0.25, 0.3) is 0 Å². The Labute approximate surface area is 111 Å². The Morgan fingerprint density at radius 1 is 1.12 bits per heavy atom. The van der Waals surface area contributed by atoms with Gasteiger partial charge in [0.2, 0.25) is 0 Å². The molecule has 0 aliphatic rings. The van der Waals surface area contributed by atoms with Gasteiger partial charge in [-0.25, -0.2) is 9.97 Å². The first-order valence-electron chi connectivity index (χ1n) is 4.35. The van der Waals surface area contributed by atoms with E-state index in [1.54, 1.807) is 24.3 Å². The molecule has 0 bridgehead atoms. The first-order valence-corrected chi connectivity index (χ1v) is 5.89. The van der Waals surface area contributed by atoms with E-state index in [2.05, 4.69) is 31.2 Å². The second-order valence-corrected chi connectivity index (χ2v) is 4.63. The molecule has 0 saturated carbocycles. The van der Waals surface area contributed by atoms with Gasteiger partial charge in [-0.05, 0) is 34.1 Å². The lowest BCUT2D eigenvalue weighted by Gasteiger charge is -2.07. The monoisotopic (exact) mass is 317 g/mol. The van der Waals surface area contributed by atoms with Crippen molar-refractivity contribution in [1.29, 1.82) is 0 Å². The number of hydrogen-bond acceptors (Lipinski definition) is 3. The fourth-order valence-corrected chi connectivity index (χ4v) is 1.78. The van der Waals surface area contributed by atoms with Crippen LogP contribution in [0.4, 0.5) is 11.5 Å². The number of hydrogen-bond donors (Lipinski definition) is 1. The van der Waals surface area contributed by atoms with Gasteiger partial charge in [0.15, 0.2) is 0 Å². The van der Waals surface area contributed by atoms with Crippen molar-refractivity contribution in [1.82, 2.24) is 9.97 Å². The highest BCUT2D eigenvalue weighted by molar-refractivity contribution is 9.10. The van der Waals surface area contributed by atoms with E-state index in [4.69, 9.17) is 23.2 Å². The standard InChI is InChI=1S/C10H6BrCl2N3/c11-9-4-10(15-5-14-9)16-8-3-6(12)1-2-7(8)13/h1-5H,(H,14,15,16). The summed E-state index contributed by atoms with van der Waals surface area (Å²) in [5.74, 6) is 0.644. The van der Waals surface area contributed by atoms with Crippen molar-refractivity contribution in [2.24, 2.45) is 0 Å². The Morgan fingerprint density at radius 3 is 2.69 bits per heavy atom. The zero-order valence-electron chi connectivity index (χ0n) is 7.92. The fourth-order valence-electron chi connectivity index (χ4n) is 1.13. The van der Waals surface area contributed by atoms with Crippen LogP contribution < -0.4 is 5.32 Å². The van der Waals surface area contributed by atoms with Crippen LogP contribution in [0.15, 0.2) is 35.2 Å². The first-order chi connectivity index (χ1) is 7.65. The number of rotatable bonds is 2. The molecule has 1 aromatic carbocycles. The minimum atomic E-state index is 0.583. The van der Waals surface area contributed by atoms with Crippen LogP contribution in [0.25, 0.3) is 0 Å². The van der Waals surface area contributed by atoms with E-state index in [1.165, 1.54) is 6.33 Å². The summed E-state index contributed by atoms with van der Waals surface area (Å²) in [5, 5.41) is 4.25. The van der Waals surface area contributed by atoms with Gasteiger partial charge in [-0.2, -0.15) is 0 Å². The van der Waals surface area contributed by atoms with Crippen molar-refractivity contribution in [3.8, 4) is 0 Å². The molecule has 16 heavy (non-hydrogen) atoms. The second-order valence-electron chi connectivity index (χ2n) is 2.98. The maximum Gasteiger partial charge on any atom is 0.134 e. The van der Waals surface area contributed by atoms with E-state index >= 15 is 0 Å². The molecule has 0 aliphatic carbocycles. The van der Waals surface area contributed by atoms with Gasteiger partial charge in [0.1, 0.15) is 16.7 Å². The summed E-state index contributed by atoms with van der Waals surface area (Å²) >= 11 is 15.1. The number of aromatic nitrogens is 2. The quantitative estimate of drug-likeness (QED) is 0.839. The average Bonchev–Trinajstić information content (AvgIpc) is 2.24. The molecule has 0 radical (unpaired) electrons. The number of anilines is 2. The molecule has 6 heteroatoms. The van der Waals surface area contributed by atoms with Crippen LogP contribution in [0.3, 0.4) is 0 Å². The molecule has 0 unspecified atom stereocenters. The van der Waals surface area contributed by atoms with Crippen molar-refractivity contribution in [2.45, 2.75) is 0 Å². The summed E-state index contributed by atoms with van der Waals surface area (Å²) in [7, 11) is 0. The highest BCUT2D eigenvalue weighted by atomic mass is 79.9. The molecular weight excluding hydrogens is 313 g/mol. The third kappa shape index (κ3) is 2.84. The number of nitrogens with one attached hydrogen (secondary N) is 1. The minimum absolute atomic E-state index is 0.583. The Morgan fingerprint density at radius 2 is 1.94 bits per heavy atom. The van der Waals surface area contributed by atoms with Crippen LogP contribution in [-0.4, -0.2) is 9.97 Å². The Hall–Kier alpha value is -0.840. The summed E-state index contributed by atoms with van der Waals surface area (Å²) in [6.07, 6.45) is 1.45. The fraction of sp³-hybridized carbons (Fsp3) is 0. The van der Waals surface area contributed by atoms with E-state index in [9.17, 15) is 0 Å². The summed E-state index contributed by atoms with van der Waals surface area (Å²) in [4.78, 5) is 7.98. The molecule has 0 saturated heterocycles. The van der Waals surface area contributed by atoms with Crippen LogP contribution in [0, 0.1) is 0 Å². The van der Waals surface area contributed by atoms with Crippen molar-refractivity contribution < 1.29 is 0 Å². The van der Waals surface area contributed by atoms with Crippen LogP contribution in [0.5, 0.6) is 0 Å². The predicted octanol–water partition coefficient (Wildman–Crippen LogP) is 4.29. The Bertz CT molecular complexity index is 519. The summed E-state index contributed by atoms with van der Waals surface area (Å²) in [6, 6.07) is 6.94. The third-order valence-electron chi connectivity index (χ3n) is 1.82. The minimum Gasteiger partial charge on any atom is -0.339 e. The van der Waals surface area contributed by atoms with E-state index in [1.807, 2.05) is 0 Å². The van der Waals surface area contributed by atoms with Gasteiger partial charge >= 0.3 is 0 Å². The number of benzene rings is 1. The second kappa shape index (κ2) is 4.99. The van der Waals surface area contributed by atoms with Gasteiger partial charge < -0.3 is 5.32 Å². The molecule has 0 spiro atoms. The largest absolute Gasteiger partial charge is 0.339 e. The molecule has 3 nitrogen and oxygen atoms in total. The summed E-state index contributed by atoms with van der Waals surface area (Å²) in [6.45, 7) is 0. The SMILES string of the molecule is Clc1ccc(Cl)c(Nc2cc(Br)ncn2)c1. The van der Waals surface area contributed by atoms with Crippen LogP contribution in [0.1, 0.15) is 0 Å². The zero-order chi connectivity index (χ0) is 11.5. The van der Waals surface area contributed by atoms with Crippen LogP contribution in [0.2, 0.25) is 10.0 Å². The van der Waals surface area contributed by atoms with E-state index in [-0.39, 0.29) is 0 Å². The maximum atomic E-state index is 6.01. The van der Waals surface area contributed by atoms with E-state index < -0.39 is 0 Å². The topological polar surface area (TPSA) is 37.8 Å². The van der Waals surface area contributed by atoms with Gasteiger partial charge in [-0.1, -0.05) is 23.2 Å². The smallest absolute Gasteiger partial charge is 0.134 e. The van der Waals surface area contributed by atoms with Crippen molar-refractivity contribution in [3.05, 3.63) is 45.2 Å². The first kappa shape index (κ1) is 11.6. The highest BCUT2D eigenvalue weighted by Gasteiger charge is 2.03. The van der Waals surface area contributed by atoms with Crippen molar-refractivity contribution >= 4 is 50.6 Å². The lowest BCUT2D eigenvalue weighted by Crippen LogP contribution is -1.94. The molecule has 1 heterocycles. The van der Waals surface area contributed by atoms with Crippen molar-refractivity contribution in [2.75, 3.05) is 5.32 Å². The highest BCUT2D eigenvalue weighted by Crippen LogP contribution is 2.28. The summed E-state index contributed by atoms with van der Waals surface area (Å²) < 4.78 is 0.697. The van der Waals surface area contributed by atoms with Crippen LogP contribution in [-0.2, 0) is 0 Å². The lowest BCUT2D eigenvalue weighted by molar-refractivity contribution is 1.14. The molecule has 0 fully saturated rings. The summed E-state index contributed by atoms with van der Waals surface area (Å²) in [5.41, 5.74) is 0.708. The predicted molar refractivity (Wildman–Crippen MR) is 69.5 cm³/mol. The normalized spacial score (nSPS) is 10.2. The van der Waals surface area contributed by atoms with Gasteiger partial charge in [0, 0.05) is 11.1 Å². The number of halogens is 3. The molecule has 2 rings (SSSR count). The maximum absolute atomic E-state index is 6.01. The molecule has 0 aliphatic heterocycles. The molecule has 2 aromatic rings. The zero-order valence-corrected chi connectivity index (χ0v) is 11.0. The molecule has 0 amide bonds.